The van der Waals surface area contributed by atoms with E-state index >= 15 is 0 Å². The van der Waals surface area contributed by atoms with Crippen molar-refractivity contribution in [1.82, 2.24) is 9.97 Å². The average molecular weight is 334 g/mol. The van der Waals surface area contributed by atoms with Gasteiger partial charge in [0.1, 0.15) is 17.3 Å². The summed E-state index contributed by atoms with van der Waals surface area (Å²) >= 11 is 0. The number of rotatable bonds is 5. The Morgan fingerprint density at radius 1 is 1.00 bits per heavy atom. The molecule has 0 atom stereocenters. The van der Waals surface area contributed by atoms with E-state index in [1.165, 1.54) is 0 Å². The molecule has 3 rings (SSSR count). The fourth-order valence-electron chi connectivity index (χ4n) is 2.19. The van der Waals surface area contributed by atoms with Gasteiger partial charge in [-0.1, -0.05) is 6.07 Å². The number of ether oxygens (including phenoxy) is 1. The second-order valence-corrected chi connectivity index (χ2v) is 5.56. The summed E-state index contributed by atoms with van der Waals surface area (Å²) in [4.78, 5) is 22.5. The Morgan fingerprint density at radius 2 is 1.80 bits per heavy atom. The van der Waals surface area contributed by atoms with Gasteiger partial charge >= 0.3 is 0 Å². The molecule has 0 aliphatic heterocycles. The Labute approximate surface area is 146 Å². The molecule has 6 nitrogen and oxygen atoms in total. The van der Waals surface area contributed by atoms with Crippen LogP contribution in [0.4, 0.5) is 11.5 Å². The summed E-state index contributed by atoms with van der Waals surface area (Å²) in [7, 11) is 3.76. The molecule has 126 valence electrons. The second kappa shape index (κ2) is 7.44. The summed E-state index contributed by atoms with van der Waals surface area (Å²) in [5.74, 6) is 1.84. The predicted octanol–water partition coefficient (Wildman–Crippen LogP) is 3.59. The molecule has 1 N–H and O–H groups in total. The minimum atomic E-state index is -0.202. The molecular formula is C19H18N4O2. The Kier molecular flexibility index (Phi) is 4.89. The van der Waals surface area contributed by atoms with Crippen molar-refractivity contribution in [3.63, 3.8) is 0 Å². The third-order valence-corrected chi connectivity index (χ3v) is 3.44. The van der Waals surface area contributed by atoms with Crippen LogP contribution in [0.2, 0.25) is 0 Å². The molecule has 0 bridgehead atoms. The molecule has 25 heavy (non-hydrogen) atoms. The lowest BCUT2D eigenvalue weighted by Crippen LogP contribution is -2.15. The first-order valence-electron chi connectivity index (χ1n) is 7.74. The topological polar surface area (TPSA) is 67.4 Å². The lowest BCUT2D eigenvalue weighted by molar-refractivity contribution is 0.102. The van der Waals surface area contributed by atoms with Gasteiger partial charge in [0, 0.05) is 50.0 Å². The third kappa shape index (κ3) is 4.32. The highest BCUT2D eigenvalue weighted by Crippen LogP contribution is 2.24. The number of pyridine rings is 2. The second-order valence-electron chi connectivity index (χ2n) is 5.56. The zero-order valence-electron chi connectivity index (χ0n) is 14.0. The Hall–Kier alpha value is -3.41. The summed E-state index contributed by atoms with van der Waals surface area (Å²) < 4.78 is 5.75. The van der Waals surface area contributed by atoms with Gasteiger partial charge in [-0.3, -0.25) is 9.78 Å². The van der Waals surface area contributed by atoms with E-state index in [0.717, 1.165) is 5.82 Å². The van der Waals surface area contributed by atoms with Crippen molar-refractivity contribution >= 4 is 17.4 Å². The summed E-state index contributed by atoms with van der Waals surface area (Å²) in [6.07, 6.45) is 4.94. The minimum absolute atomic E-state index is 0.202. The molecule has 1 amide bonds. The van der Waals surface area contributed by atoms with E-state index in [1.54, 1.807) is 48.9 Å². The molecule has 6 heteroatoms. The maximum absolute atomic E-state index is 12.5. The summed E-state index contributed by atoms with van der Waals surface area (Å²) in [6, 6.07) is 14.2. The van der Waals surface area contributed by atoms with E-state index in [-0.39, 0.29) is 5.91 Å². The molecule has 3 aromatic rings. The molecule has 0 aliphatic carbocycles. The van der Waals surface area contributed by atoms with Gasteiger partial charge in [0.15, 0.2) is 0 Å². The van der Waals surface area contributed by atoms with E-state index < -0.39 is 0 Å². The summed E-state index contributed by atoms with van der Waals surface area (Å²) in [6.45, 7) is 0. The van der Waals surface area contributed by atoms with Crippen molar-refractivity contribution in [2.45, 2.75) is 0 Å². The highest BCUT2D eigenvalue weighted by Gasteiger charge is 2.09. The van der Waals surface area contributed by atoms with Gasteiger partial charge < -0.3 is 15.0 Å². The molecule has 1 aromatic carbocycles. The Balaban J connectivity index is 1.73. The number of nitrogens with one attached hydrogen (secondary N) is 1. The fraction of sp³-hybridized carbons (Fsp3) is 0.105. The molecule has 0 saturated carbocycles. The quantitative estimate of drug-likeness (QED) is 0.772. The van der Waals surface area contributed by atoms with Crippen molar-refractivity contribution in [3.05, 3.63) is 72.7 Å². The third-order valence-electron chi connectivity index (χ3n) is 3.44. The number of anilines is 2. The highest BCUT2D eigenvalue weighted by molar-refractivity contribution is 6.04. The maximum Gasteiger partial charge on any atom is 0.255 e. The van der Waals surface area contributed by atoms with Crippen LogP contribution in [-0.2, 0) is 0 Å². The molecule has 0 saturated heterocycles. The number of aromatic nitrogens is 2. The van der Waals surface area contributed by atoms with Gasteiger partial charge in [-0.25, -0.2) is 4.98 Å². The number of benzene rings is 1. The predicted molar refractivity (Wildman–Crippen MR) is 97.3 cm³/mol. The molecule has 0 spiro atoms. The van der Waals surface area contributed by atoms with Gasteiger partial charge in [0.25, 0.3) is 5.91 Å². The molecule has 0 unspecified atom stereocenters. The van der Waals surface area contributed by atoms with Crippen LogP contribution >= 0.6 is 0 Å². The van der Waals surface area contributed by atoms with Crippen LogP contribution in [0.1, 0.15) is 10.4 Å². The van der Waals surface area contributed by atoms with Gasteiger partial charge in [-0.2, -0.15) is 0 Å². The van der Waals surface area contributed by atoms with E-state index in [9.17, 15) is 4.79 Å². The van der Waals surface area contributed by atoms with Crippen LogP contribution in [0.3, 0.4) is 0 Å². The molecule has 0 aliphatic rings. The SMILES string of the molecule is CN(C)c1cc(C(=O)Nc2cccc(Oc3ccncc3)c2)ccn1. The standard InChI is InChI=1S/C19H18N4O2/c1-23(2)18-12-14(6-11-21-18)19(24)22-15-4-3-5-17(13-15)25-16-7-9-20-10-8-16/h3-13H,1-2H3,(H,22,24). The summed E-state index contributed by atoms with van der Waals surface area (Å²) in [5, 5.41) is 2.87. The number of nitrogens with zero attached hydrogens (tertiary/aromatic N) is 3. The minimum Gasteiger partial charge on any atom is -0.457 e. The summed E-state index contributed by atoms with van der Waals surface area (Å²) in [5.41, 5.74) is 1.19. The molecule has 2 heterocycles. The van der Waals surface area contributed by atoms with Crippen molar-refractivity contribution in [3.8, 4) is 11.5 Å². The van der Waals surface area contributed by atoms with Crippen LogP contribution in [0.15, 0.2) is 67.1 Å². The number of carbonyl (C=O) groups excluding carboxylic acids is 1. The number of carbonyl (C=O) groups is 1. The maximum atomic E-state index is 12.5. The molecule has 0 fully saturated rings. The Bertz CT molecular complexity index is 866. The van der Waals surface area contributed by atoms with Gasteiger partial charge in [0.05, 0.1) is 0 Å². The van der Waals surface area contributed by atoms with Gasteiger partial charge in [0.2, 0.25) is 0 Å². The van der Waals surface area contributed by atoms with E-state index in [2.05, 4.69) is 15.3 Å². The number of hydrogen-bond acceptors (Lipinski definition) is 5. The van der Waals surface area contributed by atoms with Crippen molar-refractivity contribution in [2.75, 3.05) is 24.3 Å². The lowest BCUT2D eigenvalue weighted by atomic mass is 10.2. The molecular weight excluding hydrogens is 316 g/mol. The van der Waals surface area contributed by atoms with Crippen molar-refractivity contribution in [1.29, 1.82) is 0 Å². The van der Waals surface area contributed by atoms with E-state index in [1.807, 2.05) is 37.2 Å². The van der Waals surface area contributed by atoms with Crippen molar-refractivity contribution < 1.29 is 9.53 Å². The first-order valence-corrected chi connectivity index (χ1v) is 7.74. The van der Waals surface area contributed by atoms with Gasteiger partial charge in [-0.15, -0.1) is 0 Å². The van der Waals surface area contributed by atoms with Crippen LogP contribution in [0, 0.1) is 0 Å². The Morgan fingerprint density at radius 3 is 2.56 bits per heavy atom. The molecule has 2 aromatic heterocycles. The normalized spacial score (nSPS) is 10.2. The van der Waals surface area contributed by atoms with Crippen LogP contribution in [0.5, 0.6) is 11.5 Å². The first kappa shape index (κ1) is 16.4. The van der Waals surface area contributed by atoms with Gasteiger partial charge in [-0.05, 0) is 36.4 Å². The van der Waals surface area contributed by atoms with E-state index in [0.29, 0.717) is 22.7 Å². The monoisotopic (exact) mass is 334 g/mol. The zero-order chi connectivity index (χ0) is 17.6. The van der Waals surface area contributed by atoms with Crippen LogP contribution in [-0.4, -0.2) is 30.0 Å². The van der Waals surface area contributed by atoms with Crippen molar-refractivity contribution in [2.24, 2.45) is 0 Å². The fourth-order valence-corrected chi connectivity index (χ4v) is 2.19. The number of amides is 1. The highest BCUT2D eigenvalue weighted by atomic mass is 16.5. The smallest absolute Gasteiger partial charge is 0.255 e. The molecule has 0 radical (unpaired) electrons. The average Bonchev–Trinajstić information content (AvgIpc) is 2.63. The largest absolute Gasteiger partial charge is 0.457 e. The lowest BCUT2D eigenvalue weighted by Gasteiger charge is -2.12. The first-order chi connectivity index (χ1) is 12.1. The van der Waals surface area contributed by atoms with Crippen LogP contribution < -0.4 is 15.0 Å². The van der Waals surface area contributed by atoms with E-state index in [4.69, 9.17) is 4.74 Å². The number of hydrogen-bond donors (Lipinski definition) is 1. The van der Waals surface area contributed by atoms with Crippen LogP contribution in [0.25, 0.3) is 0 Å². The zero-order valence-corrected chi connectivity index (χ0v) is 14.0.